The molecule has 0 unspecified atom stereocenters. The number of esters is 1. The second-order valence-electron chi connectivity index (χ2n) is 5.53. The van der Waals surface area contributed by atoms with E-state index in [-0.39, 0.29) is 11.4 Å². The molecular formula is C17H14ClN3O4. The average molecular weight is 360 g/mol. The van der Waals surface area contributed by atoms with Gasteiger partial charge >= 0.3 is 5.97 Å². The van der Waals surface area contributed by atoms with Crippen molar-refractivity contribution in [2.75, 3.05) is 7.11 Å². The first-order chi connectivity index (χ1) is 11.9. The molecule has 0 saturated heterocycles. The van der Waals surface area contributed by atoms with E-state index in [1.807, 2.05) is 19.1 Å². The van der Waals surface area contributed by atoms with E-state index in [4.69, 9.17) is 16.3 Å². The molecule has 0 aliphatic heterocycles. The maximum atomic E-state index is 12.0. The van der Waals surface area contributed by atoms with E-state index in [1.54, 1.807) is 10.7 Å². The van der Waals surface area contributed by atoms with Crippen molar-refractivity contribution in [2.45, 2.75) is 13.5 Å². The highest BCUT2D eigenvalue weighted by Gasteiger charge is 2.20. The molecule has 0 fully saturated rings. The Morgan fingerprint density at radius 2 is 2.08 bits per heavy atom. The predicted octanol–water partition coefficient (Wildman–Crippen LogP) is 3.74. The fraction of sp³-hybridized carbons (Fsp3) is 0.176. The number of hydrogen-bond acceptors (Lipinski definition) is 5. The van der Waals surface area contributed by atoms with Crippen LogP contribution >= 0.6 is 11.6 Å². The molecule has 0 aliphatic rings. The Kier molecular flexibility index (Phi) is 4.41. The maximum absolute atomic E-state index is 12.0. The Balaban J connectivity index is 2.16. The molecule has 0 amide bonds. The monoisotopic (exact) mass is 359 g/mol. The van der Waals surface area contributed by atoms with Gasteiger partial charge in [0.05, 0.1) is 24.1 Å². The summed E-state index contributed by atoms with van der Waals surface area (Å²) in [7, 11) is 1.27. The van der Waals surface area contributed by atoms with Gasteiger partial charge in [-0.1, -0.05) is 17.7 Å². The van der Waals surface area contributed by atoms with Gasteiger partial charge in [-0.05, 0) is 36.2 Å². The molecule has 0 aliphatic carbocycles. The predicted molar refractivity (Wildman–Crippen MR) is 93.0 cm³/mol. The normalized spacial score (nSPS) is 10.8. The fourth-order valence-corrected chi connectivity index (χ4v) is 2.87. The summed E-state index contributed by atoms with van der Waals surface area (Å²) in [5, 5.41) is 16.5. The molecule has 2 aromatic carbocycles. The van der Waals surface area contributed by atoms with E-state index < -0.39 is 10.9 Å². The standard InChI is InChI=1S/C17H14ClN3O4/c1-10-7-12(18)4-3-11(10)9-20-15-8-13(21(23)24)5-6-14(15)16(19-20)17(22)25-2/h3-8H,9H2,1-2H3. The highest BCUT2D eigenvalue weighted by Crippen LogP contribution is 2.26. The number of ether oxygens (including phenoxy) is 1. The minimum atomic E-state index is -0.592. The van der Waals surface area contributed by atoms with Crippen LogP contribution < -0.4 is 0 Å². The molecule has 0 saturated carbocycles. The zero-order valence-electron chi connectivity index (χ0n) is 13.5. The third-order valence-corrected chi connectivity index (χ3v) is 4.18. The van der Waals surface area contributed by atoms with Crippen molar-refractivity contribution >= 4 is 34.2 Å². The SMILES string of the molecule is COC(=O)c1nn(Cc2ccc(Cl)cc2C)c2cc([N+](=O)[O-])ccc12. The van der Waals surface area contributed by atoms with E-state index >= 15 is 0 Å². The summed E-state index contributed by atoms with van der Waals surface area (Å²) >= 11 is 5.98. The molecule has 8 heteroatoms. The van der Waals surface area contributed by atoms with Gasteiger partial charge in [0, 0.05) is 22.5 Å². The quantitative estimate of drug-likeness (QED) is 0.402. The number of aryl methyl sites for hydroxylation is 1. The number of non-ortho nitro benzene ring substituents is 1. The molecule has 0 bridgehead atoms. The van der Waals surface area contributed by atoms with Crippen LogP contribution in [-0.2, 0) is 11.3 Å². The molecule has 25 heavy (non-hydrogen) atoms. The summed E-state index contributed by atoms with van der Waals surface area (Å²) in [4.78, 5) is 22.6. The van der Waals surface area contributed by atoms with E-state index in [1.165, 1.54) is 25.3 Å². The lowest BCUT2D eigenvalue weighted by molar-refractivity contribution is -0.384. The van der Waals surface area contributed by atoms with Crippen LogP contribution in [0.15, 0.2) is 36.4 Å². The van der Waals surface area contributed by atoms with Crippen LogP contribution in [0.3, 0.4) is 0 Å². The first-order valence-electron chi connectivity index (χ1n) is 7.39. The molecule has 3 aromatic rings. The van der Waals surface area contributed by atoms with E-state index in [2.05, 4.69) is 5.10 Å². The van der Waals surface area contributed by atoms with Gasteiger partial charge < -0.3 is 4.74 Å². The van der Waals surface area contributed by atoms with Crippen molar-refractivity contribution in [2.24, 2.45) is 0 Å². The molecule has 3 rings (SSSR count). The number of hydrogen-bond donors (Lipinski definition) is 0. The third kappa shape index (κ3) is 3.18. The lowest BCUT2D eigenvalue weighted by Gasteiger charge is -2.07. The van der Waals surface area contributed by atoms with Crippen LogP contribution in [0.5, 0.6) is 0 Å². The summed E-state index contributed by atoms with van der Waals surface area (Å²) in [5.41, 5.74) is 2.44. The van der Waals surface area contributed by atoms with Crippen LogP contribution in [0.2, 0.25) is 5.02 Å². The van der Waals surface area contributed by atoms with Gasteiger partial charge in [-0.25, -0.2) is 4.79 Å². The maximum Gasteiger partial charge on any atom is 0.359 e. The average Bonchev–Trinajstić information content (AvgIpc) is 2.94. The van der Waals surface area contributed by atoms with Crippen molar-refractivity contribution in [3.05, 3.63) is 68.4 Å². The molecule has 0 radical (unpaired) electrons. The van der Waals surface area contributed by atoms with Crippen molar-refractivity contribution in [3.63, 3.8) is 0 Å². The number of aromatic nitrogens is 2. The van der Waals surface area contributed by atoms with Gasteiger partial charge in [-0.15, -0.1) is 0 Å². The van der Waals surface area contributed by atoms with Crippen LogP contribution in [0.4, 0.5) is 5.69 Å². The number of rotatable bonds is 4. The number of carbonyl (C=O) groups excluding carboxylic acids is 1. The lowest BCUT2D eigenvalue weighted by Crippen LogP contribution is -2.07. The highest BCUT2D eigenvalue weighted by atomic mass is 35.5. The van der Waals surface area contributed by atoms with Crippen LogP contribution in [-0.4, -0.2) is 27.8 Å². The zero-order valence-corrected chi connectivity index (χ0v) is 14.3. The number of fused-ring (bicyclic) bond motifs is 1. The highest BCUT2D eigenvalue weighted by molar-refractivity contribution is 6.30. The van der Waals surface area contributed by atoms with Gasteiger partial charge in [0.25, 0.3) is 5.69 Å². The Labute approximate surface area is 147 Å². The number of carbonyl (C=O) groups is 1. The molecule has 1 heterocycles. The smallest absolute Gasteiger partial charge is 0.359 e. The summed E-state index contributed by atoms with van der Waals surface area (Å²) in [6.07, 6.45) is 0. The Hall–Kier alpha value is -2.93. The molecule has 128 valence electrons. The summed E-state index contributed by atoms with van der Waals surface area (Å²) in [6, 6.07) is 9.71. The van der Waals surface area contributed by atoms with Crippen LogP contribution in [0.1, 0.15) is 21.6 Å². The Morgan fingerprint density at radius 3 is 2.72 bits per heavy atom. The number of nitro groups is 1. The first kappa shape index (κ1) is 16.9. The summed E-state index contributed by atoms with van der Waals surface area (Å²) in [5.74, 6) is -0.592. The summed E-state index contributed by atoms with van der Waals surface area (Å²) in [6.45, 7) is 2.26. The third-order valence-electron chi connectivity index (χ3n) is 3.95. The lowest BCUT2D eigenvalue weighted by atomic mass is 10.1. The van der Waals surface area contributed by atoms with Gasteiger partial charge in [-0.2, -0.15) is 5.10 Å². The number of nitro benzene ring substituents is 1. The molecule has 7 nitrogen and oxygen atoms in total. The second-order valence-corrected chi connectivity index (χ2v) is 5.96. The number of halogens is 1. The van der Waals surface area contributed by atoms with Crippen molar-refractivity contribution < 1.29 is 14.5 Å². The molecule has 0 N–H and O–H groups in total. The molecule has 0 spiro atoms. The topological polar surface area (TPSA) is 87.3 Å². The first-order valence-corrected chi connectivity index (χ1v) is 7.77. The van der Waals surface area contributed by atoms with E-state index in [0.717, 1.165) is 11.1 Å². The Morgan fingerprint density at radius 1 is 1.32 bits per heavy atom. The number of methoxy groups -OCH3 is 1. The van der Waals surface area contributed by atoms with Gasteiger partial charge in [0.1, 0.15) is 0 Å². The van der Waals surface area contributed by atoms with Gasteiger partial charge in [-0.3, -0.25) is 14.8 Å². The zero-order chi connectivity index (χ0) is 18.1. The Bertz CT molecular complexity index is 997. The van der Waals surface area contributed by atoms with Crippen molar-refractivity contribution in [3.8, 4) is 0 Å². The van der Waals surface area contributed by atoms with E-state index in [0.29, 0.717) is 22.5 Å². The van der Waals surface area contributed by atoms with Crippen molar-refractivity contribution in [1.29, 1.82) is 0 Å². The second kappa shape index (κ2) is 6.52. The molecular weight excluding hydrogens is 346 g/mol. The molecule has 1 aromatic heterocycles. The fourth-order valence-electron chi connectivity index (χ4n) is 2.64. The van der Waals surface area contributed by atoms with Gasteiger partial charge in [0.15, 0.2) is 5.69 Å². The summed E-state index contributed by atoms with van der Waals surface area (Å²) < 4.78 is 6.32. The van der Waals surface area contributed by atoms with Crippen LogP contribution in [0, 0.1) is 17.0 Å². The minimum absolute atomic E-state index is 0.0714. The number of benzene rings is 2. The molecule has 0 atom stereocenters. The van der Waals surface area contributed by atoms with Crippen molar-refractivity contribution in [1.82, 2.24) is 9.78 Å². The number of nitrogens with zero attached hydrogens (tertiary/aromatic N) is 3. The largest absolute Gasteiger partial charge is 0.464 e. The van der Waals surface area contributed by atoms with Crippen LogP contribution in [0.25, 0.3) is 10.9 Å². The minimum Gasteiger partial charge on any atom is -0.464 e. The van der Waals surface area contributed by atoms with E-state index in [9.17, 15) is 14.9 Å². The van der Waals surface area contributed by atoms with Gasteiger partial charge in [0.2, 0.25) is 0 Å².